The van der Waals surface area contributed by atoms with Gasteiger partial charge in [0, 0.05) is 37.9 Å². The fourth-order valence-electron chi connectivity index (χ4n) is 3.02. The molecule has 1 aliphatic heterocycles. The van der Waals surface area contributed by atoms with Gasteiger partial charge in [-0.15, -0.1) is 0 Å². The number of hydrogen-bond donors (Lipinski definition) is 1. The fraction of sp³-hybridized carbons (Fsp3) is 0.529. The Morgan fingerprint density at radius 3 is 2.83 bits per heavy atom. The molecule has 124 valence electrons. The molecule has 1 fully saturated rings. The molecule has 0 aromatic carbocycles. The minimum Gasteiger partial charge on any atom is -0.449 e. The van der Waals surface area contributed by atoms with Crippen LogP contribution in [0.5, 0.6) is 0 Å². The average Bonchev–Trinajstić information content (AvgIpc) is 2.89. The summed E-state index contributed by atoms with van der Waals surface area (Å²) in [5.74, 6) is 0.108. The fourth-order valence-corrected chi connectivity index (χ4v) is 3.02. The van der Waals surface area contributed by atoms with Crippen molar-refractivity contribution < 1.29 is 13.9 Å². The van der Waals surface area contributed by atoms with E-state index in [9.17, 15) is 4.79 Å². The van der Waals surface area contributed by atoms with Crippen LogP contribution in [0.25, 0.3) is 11.1 Å². The van der Waals surface area contributed by atoms with Crippen molar-refractivity contribution in [3.8, 4) is 0 Å². The molecule has 0 spiro atoms. The van der Waals surface area contributed by atoms with Crippen molar-refractivity contribution in [2.45, 2.75) is 33.0 Å². The molecule has 6 heteroatoms. The lowest BCUT2D eigenvalue weighted by Crippen LogP contribution is -2.47. The Balaban J connectivity index is 1.54. The molecule has 1 N–H and O–H groups in total. The summed E-state index contributed by atoms with van der Waals surface area (Å²) in [5, 5.41) is 2.91. The van der Waals surface area contributed by atoms with E-state index in [0.29, 0.717) is 23.4 Å². The zero-order valence-electron chi connectivity index (χ0n) is 13.8. The van der Waals surface area contributed by atoms with E-state index in [1.165, 1.54) is 0 Å². The number of amides is 1. The molecule has 0 radical (unpaired) electrons. The molecule has 2 atom stereocenters. The number of aromatic nitrogens is 1. The van der Waals surface area contributed by atoms with Crippen LogP contribution in [0, 0.1) is 6.92 Å². The minimum atomic E-state index is -0.199. The molecule has 0 saturated carbocycles. The van der Waals surface area contributed by atoms with E-state index in [1.54, 1.807) is 6.07 Å². The molecule has 1 amide bonds. The third-order valence-corrected chi connectivity index (χ3v) is 3.95. The second-order valence-electron chi connectivity index (χ2n) is 6.22. The SMILES string of the molecule is Cc1ccc2oc(C(=O)NCCN3C[C@H](C)O[C@@H](C)C3)cc2n1. The number of hydrogen-bond acceptors (Lipinski definition) is 5. The predicted octanol–water partition coefficient (Wildman–Crippen LogP) is 1.98. The van der Waals surface area contributed by atoms with Crippen LogP contribution in [0.3, 0.4) is 0 Å². The maximum atomic E-state index is 12.2. The second-order valence-corrected chi connectivity index (χ2v) is 6.22. The molecule has 23 heavy (non-hydrogen) atoms. The summed E-state index contributed by atoms with van der Waals surface area (Å²) in [5.41, 5.74) is 2.25. The smallest absolute Gasteiger partial charge is 0.287 e. The standard InChI is InChI=1S/C17H23N3O3/c1-11-4-5-15-14(19-11)8-16(23-15)17(21)18-6-7-20-9-12(2)22-13(3)10-20/h4-5,8,12-13H,6-7,9-10H2,1-3H3,(H,18,21)/t12-,13-/m0/s1. The largest absolute Gasteiger partial charge is 0.449 e. The highest BCUT2D eigenvalue weighted by Crippen LogP contribution is 2.17. The summed E-state index contributed by atoms with van der Waals surface area (Å²) < 4.78 is 11.3. The molecular weight excluding hydrogens is 294 g/mol. The van der Waals surface area contributed by atoms with Crippen molar-refractivity contribution >= 4 is 17.0 Å². The van der Waals surface area contributed by atoms with E-state index < -0.39 is 0 Å². The van der Waals surface area contributed by atoms with Crippen LogP contribution in [0.15, 0.2) is 22.6 Å². The lowest BCUT2D eigenvalue weighted by molar-refractivity contribution is -0.0672. The van der Waals surface area contributed by atoms with Crippen LogP contribution in [-0.2, 0) is 4.74 Å². The Labute approximate surface area is 135 Å². The highest BCUT2D eigenvalue weighted by molar-refractivity contribution is 5.95. The molecule has 3 rings (SSSR count). The molecule has 1 aliphatic rings. The first-order valence-electron chi connectivity index (χ1n) is 8.04. The van der Waals surface area contributed by atoms with Gasteiger partial charge >= 0.3 is 0 Å². The predicted molar refractivity (Wildman–Crippen MR) is 87.5 cm³/mol. The van der Waals surface area contributed by atoms with Gasteiger partial charge < -0.3 is 14.5 Å². The topological polar surface area (TPSA) is 67.6 Å². The summed E-state index contributed by atoms with van der Waals surface area (Å²) in [6, 6.07) is 5.40. The third kappa shape index (κ3) is 3.89. The number of furan rings is 1. The molecule has 2 aromatic heterocycles. The van der Waals surface area contributed by atoms with Crippen molar-refractivity contribution in [2.24, 2.45) is 0 Å². The maximum absolute atomic E-state index is 12.2. The summed E-state index contributed by atoms with van der Waals surface area (Å²) >= 11 is 0. The van der Waals surface area contributed by atoms with Gasteiger partial charge in [-0.25, -0.2) is 4.98 Å². The number of ether oxygens (including phenoxy) is 1. The minimum absolute atomic E-state index is 0.199. The number of aryl methyl sites for hydroxylation is 1. The molecule has 3 heterocycles. The van der Waals surface area contributed by atoms with Crippen molar-refractivity contribution in [1.29, 1.82) is 0 Å². The van der Waals surface area contributed by atoms with E-state index in [2.05, 4.69) is 29.0 Å². The number of rotatable bonds is 4. The number of nitrogens with zero attached hydrogens (tertiary/aromatic N) is 2. The van der Waals surface area contributed by atoms with Gasteiger partial charge in [-0.3, -0.25) is 9.69 Å². The van der Waals surface area contributed by atoms with E-state index >= 15 is 0 Å². The number of carbonyl (C=O) groups is 1. The van der Waals surface area contributed by atoms with Gasteiger partial charge in [0.05, 0.1) is 12.2 Å². The number of pyridine rings is 1. The zero-order chi connectivity index (χ0) is 16.4. The number of morpholine rings is 1. The van der Waals surface area contributed by atoms with Gasteiger partial charge in [0.1, 0.15) is 5.52 Å². The quantitative estimate of drug-likeness (QED) is 0.934. The first-order chi connectivity index (χ1) is 11.0. The Morgan fingerprint density at radius 1 is 1.35 bits per heavy atom. The van der Waals surface area contributed by atoms with Crippen LogP contribution in [-0.4, -0.2) is 54.2 Å². The lowest BCUT2D eigenvalue weighted by Gasteiger charge is -2.35. The van der Waals surface area contributed by atoms with Gasteiger partial charge in [-0.2, -0.15) is 0 Å². The van der Waals surface area contributed by atoms with E-state index in [1.807, 2.05) is 19.1 Å². The molecule has 2 aromatic rings. The summed E-state index contributed by atoms with van der Waals surface area (Å²) in [6.07, 6.45) is 0.471. The van der Waals surface area contributed by atoms with Gasteiger partial charge in [0.15, 0.2) is 11.3 Å². The van der Waals surface area contributed by atoms with E-state index in [0.717, 1.165) is 25.3 Å². The maximum Gasteiger partial charge on any atom is 0.287 e. The Morgan fingerprint density at radius 2 is 2.09 bits per heavy atom. The molecular formula is C17H23N3O3. The first-order valence-corrected chi connectivity index (χ1v) is 8.04. The van der Waals surface area contributed by atoms with Gasteiger partial charge in [0.25, 0.3) is 5.91 Å². The van der Waals surface area contributed by atoms with Crippen LogP contribution >= 0.6 is 0 Å². The monoisotopic (exact) mass is 317 g/mol. The number of carbonyl (C=O) groups excluding carboxylic acids is 1. The van der Waals surface area contributed by atoms with Crippen molar-refractivity contribution in [1.82, 2.24) is 15.2 Å². The Bertz CT molecular complexity index is 687. The average molecular weight is 317 g/mol. The highest BCUT2D eigenvalue weighted by Gasteiger charge is 2.22. The van der Waals surface area contributed by atoms with Crippen molar-refractivity contribution in [2.75, 3.05) is 26.2 Å². The molecule has 6 nitrogen and oxygen atoms in total. The van der Waals surface area contributed by atoms with Crippen LogP contribution in [0.1, 0.15) is 30.1 Å². The van der Waals surface area contributed by atoms with Gasteiger partial charge in [0.2, 0.25) is 0 Å². The first kappa shape index (κ1) is 16.0. The van der Waals surface area contributed by atoms with Gasteiger partial charge in [-0.05, 0) is 32.9 Å². The Kier molecular flexibility index (Phi) is 4.63. The highest BCUT2D eigenvalue weighted by atomic mass is 16.5. The van der Waals surface area contributed by atoms with Crippen molar-refractivity contribution in [3.63, 3.8) is 0 Å². The molecule has 1 saturated heterocycles. The van der Waals surface area contributed by atoms with E-state index in [-0.39, 0.29) is 18.1 Å². The zero-order valence-corrected chi connectivity index (χ0v) is 13.8. The summed E-state index contributed by atoms with van der Waals surface area (Å²) in [7, 11) is 0. The van der Waals surface area contributed by atoms with Crippen LogP contribution < -0.4 is 5.32 Å². The molecule has 0 aliphatic carbocycles. The van der Waals surface area contributed by atoms with Crippen molar-refractivity contribution in [3.05, 3.63) is 29.7 Å². The Hall–Kier alpha value is -1.92. The second kappa shape index (κ2) is 6.68. The molecule has 0 bridgehead atoms. The van der Waals surface area contributed by atoms with Crippen LogP contribution in [0.4, 0.5) is 0 Å². The van der Waals surface area contributed by atoms with Gasteiger partial charge in [-0.1, -0.05) is 0 Å². The number of fused-ring (bicyclic) bond motifs is 1. The summed E-state index contributed by atoms with van der Waals surface area (Å²) in [4.78, 5) is 18.9. The normalized spacial score (nSPS) is 22.4. The number of nitrogens with one attached hydrogen (secondary N) is 1. The summed E-state index contributed by atoms with van der Waals surface area (Å²) in [6.45, 7) is 9.25. The van der Waals surface area contributed by atoms with E-state index in [4.69, 9.17) is 9.15 Å². The lowest BCUT2D eigenvalue weighted by atomic mass is 10.2. The third-order valence-electron chi connectivity index (χ3n) is 3.95. The van der Waals surface area contributed by atoms with Crippen LogP contribution in [0.2, 0.25) is 0 Å². The molecule has 0 unspecified atom stereocenters.